The normalized spacial score (nSPS) is 17.0. The lowest BCUT2D eigenvalue weighted by Gasteiger charge is -2.34. The molecule has 138 valence electrons. The number of likely N-dealkylation sites (N-methyl/N-ethyl adjacent to an activating group) is 1. The number of carbonyl (C=O) groups is 1. The zero-order valence-corrected chi connectivity index (χ0v) is 16.1. The van der Waals surface area contributed by atoms with Gasteiger partial charge >= 0.3 is 0 Å². The molecule has 2 aromatic carbocycles. The van der Waals surface area contributed by atoms with Crippen LogP contribution in [0.15, 0.2) is 36.4 Å². The van der Waals surface area contributed by atoms with E-state index in [1.807, 2.05) is 30.3 Å². The minimum Gasteiger partial charge on any atom is -0.396 e. The van der Waals surface area contributed by atoms with Crippen LogP contribution in [-0.2, 0) is 11.3 Å². The molecule has 1 heterocycles. The molecule has 0 bridgehead atoms. The van der Waals surface area contributed by atoms with Gasteiger partial charge in [-0.05, 0) is 48.4 Å². The number of rotatable bonds is 5. The SMILES string of the molecule is CN1Cc2c(Cl)cc(Cl)cc2[C@H](c2ccccc2NC(=O)CCCO)C1. The fourth-order valence-corrected chi connectivity index (χ4v) is 4.05. The molecule has 0 spiro atoms. The summed E-state index contributed by atoms with van der Waals surface area (Å²) in [5.74, 6) is -0.0331. The van der Waals surface area contributed by atoms with Crippen molar-refractivity contribution < 1.29 is 9.90 Å². The van der Waals surface area contributed by atoms with Crippen molar-refractivity contribution in [2.75, 3.05) is 25.5 Å². The third-order valence-electron chi connectivity index (χ3n) is 4.66. The number of aliphatic hydroxyl groups excluding tert-OH is 1. The Kier molecular flexibility index (Phi) is 6.20. The van der Waals surface area contributed by atoms with Crippen molar-refractivity contribution in [3.8, 4) is 0 Å². The zero-order chi connectivity index (χ0) is 18.7. The van der Waals surface area contributed by atoms with Gasteiger partial charge in [-0.1, -0.05) is 41.4 Å². The fourth-order valence-electron chi connectivity index (χ4n) is 3.48. The van der Waals surface area contributed by atoms with Gasteiger partial charge in [-0.2, -0.15) is 0 Å². The van der Waals surface area contributed by atoms with E-state index < -0.39 is 0 Å². The molecule has 6 heteroatoms. The number of aliphatic hydroxyl groups is 1. The molecule has 1 atom stereocenters. The molecule has 26 heavy (non-hydrogen) atoms. The highest BCUT2D eigenvalue weighted by atomic mass is 35.5. The van der Waals surface area contributed by atoms with Crippen LogP contribution in [0, 0.1) is 0 Å². The maximum atomic E-state index is 12.1. The number of hydrogen-bond acceptors (Lipinski definition) is 3. The summed E-state index contributed by atoms with van der Waals surface area (Å²) in [6.45, 7) is 1.59. The highest BCUT2D eigenvalue weighted by Gasteiger charge is 2.28. The first-order valence-corrected chi connectivity index (χ1v) is 9.41. The third-order valence-corrected chi connectivity index (χ3v) is 5.22. The number of benzene rings is 2. The van der Waals surface area contributed by atoms with E-state index in [4.69, 9.17) is 28.3 Å². The van der Waals surface area contributed by atoms with Crippen molar-refractivity contribution in [3.05, 3.63) is 63.1 Å². The van der Waals surface area contributed by atoms with E-state index in [0.29, 0.717) is 22.9 Å². The second kappa shape index (κ2) is 8.40. The smallest absolute Gasteiger partial charge is 0.224 e. The van der Waals surface area contributed by atoms with Crippen LogP contribution in [0.25, 0.3) is 0 Å². The lowest BCUT2D eigenvalue weighted by molar-refractivity contribution is -0.116. The highest BCUT2D eigenvalue weighted by Crippen LogP contribution is 2.40. The van der Waals surface area contributed by atoms with E-state index in [-0.39, 0.29) is 18.4 Å². The number of hydrogen-bond donors (Lipinski definition) is 2. The molecule has 1 amide bonds. The highest BCUT2D eigenvalue weighted by molar-refractivity contribution is 6.35. The summed E-state index contributed by atoms with van der Waals surface area (Å²) in [5.41, 5.74) is 4.02. The number of nitrogens with zero attached hydrogens (tertiary/aromatic N) is 1. The molecule has 0 saturated heterocycles. The molecule has 0 fully saturated rings. The second-order valence-corrected chi connectivity index (χ2v) is 7.51. The monoisotopic (exact) mass is 392 g/mol. The van der Waals surface area contributed by atoms with Crippen molar-refractivity contribution >= 4 is 34.8 Å². The predicted molar refractivity (Wildman–Crippen MR) is 106 cm³/mol. The van der Waals surface area contributed by atoms with Crippen molar-refractivity contribution in [2.24, 2.45) is 0 Å². The Morgan fingerprint density at radius 2 is 2.04 bits per heavy atom. The van der Waals surface area contributed by atoms with Gasteiger partial charge in [0.15, 0.2) is 0 Å². The Morgan fingerprint density at radius 3 is 2.81 bits per heavy atom. The largest absolute Gasteiger partial charge is 0.396 e. The van der Waals surface area contributed by atoms with Crippen LogP contribution in [0.5, 0.6) is 0 Å². The van der Waals surface area contributed by atoms with E-state index >= 15 is 0 Å². The van der Waals surface area contributed by atoms with Gasteiger partial charge in [-0.15, -0.1) is 0 Å². The van der Waals surface area contributed by atoms with Crippen LogP contribution >= 0.6 is 23.2 Å². The predicted octanol–water partition coefficient (Wildman–Crippen LogP) is 4.28. The molecule has 1 aliphatic rings. The number of nitrogens with one attached hydrogen (secondary N) is 1. The van der Waals surface area contributed by atoms with Gasteiger partial charge in [-0.3, -0.25) is 4.79 Å². The maximum Gasteiger partial charge on any atom is 0.224 e. The molecular weight excluding hydrogens is 371 g/mol. The summed E-state index contributed by atoms with van der Waals surface area (Å²) >= 11 is 12.7. The van der Waals surface area contributed by atoms with Crippen LogP contribution in [0.1, 0.15) is 35.4 Å². The molecule has 3 rings (SSSR count). The Morgan fingerprint density at radius 1 is 1.27 bits per heavy atom. The first kappa shape index (κ1) is 19.2. The van der Waals surface area contributed by atoms with Crippen LogP contribution in [-0.4, -0.2) is 36.1 Å². The Balaban J connectivity index is 1.99. The van der Waals surface area contributed by atoms with Gasteiger partial charge in [0.25, 0.3) is 0 Å². The molecule has 0 unspecified atom stereocenters. The molecule has 1 aliphatic heterocycles. The van der Waals surface area contributed by atoms with Crippen LogP contribution in [0.3, 0.4) is 0 Å². The van der Waals surface area contributed by atoms with Crippen molar-refractivity contribution in [1.82, 2.24) is 4.90 Å². The van der Waals surface area contributed by atoms with Crippen molar-refractivity contribution in [2.45, 2.75) is 25.3 Å². The van der Waals surface area contributed by atoms with Crippen LogP contribution < -0.4 is 5.32 Å². The van der Waals surface area contributed by atoms with Crippen molar-refractivity contribution in [1.29, 1.82) is 0 Å². The van der Waals surface area contributed by atoms with Crippen LogP contribution in [0.4, 0.5) is 5.69 Å². The average molecular weight is 393 g/mol. The molecule has 0 aromatic heterocycles. The molecule has 2 aromatic rings. The van der Waals surface area contributed by atoms with Gasteiger partial charge in [0.2, 0.25) is 5.91 Å². The number of carbonyl (C=O) groups excluding carboxylic acids is 1. The summed E-state index contributed by atoms with van der Waals surface area (Å²) in [4.78, 5) is 14.4. The summed E-state index contributed by atoms with van der Waals surface area (Å²) in [5, 5.41) is 13.2. The zero-order valence-electron chi connectivity index (χ0n) is 14.6. The summed E-state index contributed by atoms with van der Waals surface area (Å²) < 4.78 is 0. The van der Waals surface area contributed by atoms with Gasteiger partial charge in [0.1, 0.15) is 0 Å². The van der Waals surface area contributed by atoms with Gasteiger partial charge in [0.05, 0.1) is 0 Å². The van der Waals surface area contributed by atoms with Gasteiger partial charge in [-0.25, -0.2) is 0 Å². The number of halogens is 2. The molecule has 4 nitrogen and oxygen atoms in total. The van der Waals surface area contributed by atoms with E-state index in [1.54, 1.807) is 6.07 Å². The summed E-state index contributed by atoms with van der Waals surface area (Å²) in [6.07, 6.45) is 0.748. The minimum absolute atomic E-state index is 0.00681. The van der Waals surface area contributed by atoms with E-state index in [0.717, 1.165) is 35.5 Å². The number of para-hydroxylation sites is 1. The van der Waals surface area contributed by atoms with E-state index in [2.05, 4.69) is 17.3 Å². The van der Waals surface area contributed by atoms with E-state index in [9.17, 15) is 4.79 Å². The average Bonchev–Trinajstić information content (AvgIpc) is 2.60. The third kappa shape index (κ3) is 4.21. The molecule has 0 aliphatic carbocycles. The number of fused-ring (bicyclic) bond motifs is 1. The Bertz CT molecular complexity index is 810. The topological polar surface area (TPSA) is 52.6 Å². The first-order chi connectivity index (χ1) is 12.5. The molecule has 0 saturated carbocycles. The lowest BCUT2D eigenvalue weighted by atomic mass is 9.84. The van der Waals surface area contributed by atoms with Gasteiger partial charge < -0.3 is 15.3 Å². The quantitative estimate of drug-likeness (QED) is 0.797. The fraction of sp³-hybridized carbons (Fsp3) is 0.350. The van der Waals surface area contributed by atoms with E-state index in [1.165, 1.54) is 0 Å². The van der Waals surface area contributed by atoms with Crippen LogP contribution in [0.2, 0.25) is 10.0 Å². The standard InChI is InChI=1S/C20H22Cl2N2O2/c1-24-11-16(15-9-13(21)10-18(22)17(15)12-24)14-5-2-3-6-19(14)23-20(26)7-4-8-25/h2-3,5-6,9-10,16,25H,4,7-8,11-12H2,1H3,(H,23,26)/t16-/m0/s1. The summed E-state index contributed by atoms with van der Waals surface area (Å²) in [7, 11) is 2.06. The Labute approximate surface area is 163 Å². The molecule has 0 radical (unpaired) electrons. The first-order valence-electron chi connectivity index (χ1n) is 8.65. The summed E-state index contributed by atoms with van der Waals surface area (Å²) in [6, 6.07) is 11.6. The minimum atomic E-state index is -0.0972. The number of amides is 1. The lowest BCUT2D eigenvalue weighted by Crippen LogP contribution is -2.31. The molecule has 2 N–H and O–H groups in total. The second-order valence-electron chi connectivity index (χ2n) is 6.67. The maximum absolute atomic E-state index is 12.1. The van der Waals surface area contributed by atoms with Gasteiger partial charge in [0, 0.05) is 47.8 Å². The Hall–Kier alpha value is -1.59. The van der Waals surface area contributed by atoms with Crippen molar-refractivity contribution in [3.63, 3.8) is 0 Å². The number of anilines is 1. The molecular formula is C20H22Cl2N2O2.